The van der Waals surface area contributed by atoms with Gasteiger partial charge in [-0.25, -0.2) is 0 Å². The number of aromatic hydroxyl groups is 1. The Bertz CT molecular complexity index is 851. The van der Waals surface area contributed by atoms with Crippen LogP contribution < -0.4 is 5.43 Å². The molecule has 3 nitrogen and oxygen atoms in total. The second kappa shape index (κ2) is 4.72. The topological polar surface area (TPSA) is 50.4 Å². The second-order valence-electron chi connectivity index (χ2n) is 4.57. The number of phenolic OH excluding ortho intramolecular Hbond substituents is 1. The molecule has 0 amide bonds. The maximum atomic E-state index is 12.6. The molecule has 0 radical (unpaired) electrons. The number of rotatable bonds is 1. The first-order valence-electron chi connectivity index (χ1n) is 6.12. The second-order valence-corrected chi connectivity index (χ2v) is 5.08. The standard InChI is InChI=1S/C16H12O3S/c1-9-14(10-5-3-2-4-6-10)16(18)15-12(17)7-11(20)8-13(15)19-9/h2-8,17,20H,1H3. The highest BCUT2D eigenvalue weighted by molar-refractivity contribution is 7.80. The summed E-state index contributed by atoms with van der Waals surface area (Å²) < 4.78 is 5.68. The van der Waals surface area contributed by atoms with E-state index in [-0.39, 0.29) is 16.6 Å². The molecule has 1 aromatic heterocycles. The van der Waals surface area contributed by atoms with Gasteiger partial charge in [0.15, 0.2) is 0 Å². The fraction of sp³-hybridized carbons (Fsp3) is 0.0625. The molecule has 3 aromatic rings. The van der Waals surface area contributed by atoms with Gasteiger partial charge in [-0.3, -0.25) is 4.79 Å². The molecule has 0 saturated heterocycles. The van der Waals surface area contributed by atoms with Crippen LogP contribution in [0.2, 0.25) is 0 Å². The predicted molar refractivity (Wildman–Crippen MR) is 81.6 cm³/mol. The molecule has 0 unspecified atom stereocenters. The molecule has 1 heterocycles. The molecule has 2 aromatic carbocycles. The maximum Gasteiger partial charge on any atom is 0.204 e. The molecular formula is C16H12O3S. The molecule has 4 heteroatoms. The third-order valence-corrected chi connectivity index (χ3v) is 3.46. The normalized spacial score (nSPS) is 10.9. The summed E-state index contributed by atoms with van der Waals surface area (Å²) in [6.45, 7) is 1.74. The van der Waals surface area contributed by atoms with Crippen LogP contribution in [0, 0.1) is 6.92 Å². The highest BCUT2D eigenvalue weighted by atomic mass is 32.1. The SMILES string of the molecule is Cc1oc2cc(S)cc(O)c2c(=O)c1-c1ccccc1. The van der Waals surface area contributed by atoms with Gasteiger partial charge in [-0.15, -0.1) is 12.6 Å². The zero-order valence-corrected chi connectivity index (χ0v) is 11.6. The molecule has 20 heavy (non-hydrogen) atoms. The lowest BCUT2D eigenvalue weighted by Gasteiger charge is -2.08. The average molecular weight is 284 g/mol. The van der Waals surface area contributed by atoms with E-state index in [4.69, 9.17) is 4.42 Å². The zero-order chi connectivity index (χ0) is 14.3. The van der Waals surface area contributed by atoms with E-state index in [0.29, 0.717) is 21.8 Å². The van der Waals surface area contributed by atoms with Gasteiger partial charge in [0.1, 0.15) is 22.5 Å². The number of hydrogen-bond acceptors (Lipinski definition) is 4. The van der Waals surface area contributed by atoms with Crippen LogP contribution in [0.5, 0.6) is 5.75 Å². The number of hydrogen-bond donors (Lipinski definition) is 2. The Hall–Kier alpha value is -2.20. The fourth-order valence-electron chi connectivity index (χ4n) is 2.34. The van der Waals surface area contributed by atoms with Crippen LogP contribution in [0.1, 0.15) is 5.76 Å². The van der Waals surface area contributed by atoms with Gasteiger partial charge >= 0.3 is 0 Å². The predicted octanol–water partition coefficient (Wildman–Crippen LogP) is 3.76. The van der Waals surface area contributed by atoms with E-state index in [9.17, 15) is 9.90 Å². The largest absolute Gasteiger partial charge is 0.507 e. The van der Waals surface area contributed by atoms with Crippen molar-refractivity contribution in [2.75, 3.05) is 0 Å². The van der Waals surface area contributed by atoms with E-state index >= 15 is 0 Å². The van der Waals surface area contributed by atoms with Crippen molar-refractivity contribution in [1.29, 1.82) is 0 Å². The minimum absolute atomic E-state index is 0.113. The Labute approximate surface area is 120 Å². The lowest BCUT2D eigenvalue weighted by Crippen LogP contribution is -2.07. The van der Waals surface area contributed by atoms with Crippen LogP contribution in [0.3, 0.4) is 0 Å². The summed E-state index contributed by atoms with van der Waals surface area (Å²) in [6.07, 6.45) is 0. The Morgan fingerprint density at radius 1 is 1.15 bits per heavy atom. The van der Waals surface area contributed by atoms with Crippen molar-refractivity contribution in [2.45, 2.75) is 11.8 Å². The minimum atomic E-state index is -0.235. The van der Waals surface area contributed by atoms with Crippen molar-refractivity contribution in [2.24, 2.45) is 0 Å². The van der Waals surface area contributed by atoms with Crippen LogP contribution in [-0.4, -0.2) is 5.11 Å². The molecule has 100 valence electrons. The maximum absolute atomic E-state index is 12.6. The molecule has 0 saturated carbocycles. The van der Waals surface area contributed by atoms with Gasteiger partial charge in [-0.05, 0) is 24.6 Å². The first-order valence-corrected chi connectivity index (χ1v) is 6.57. The summed E-state index contributed by atoms with van der Waals surface area (Å²) in [5, 5.41) is 10.2. The summed E-state index contributed by atoms with van der Waals surface area (Å²) in [6, 6.07) is 12.3. The zero-order valence-electron chi connectivity index (χ0n) is 10.8. The number of thiol groups is 1. The molecule has 1 N–H and O–H groups in total. The van der Waals surface area contributed by atoms with Gasteiger partial charge in [-0.2, -0.15) is 0 Å². The summed E-state index contributed by atoms with van der Waals surface area (Å²) in [5.41, 5.74) is 1.35. The van der Waals surface area contributed by atoms with E-state index in [1.165, 1.54) is 6.07 Å². The van der Waals surface area contributed by atoms with Gasteiger partial charge in [0.25, 0.3) is 0 Å². The summed E-state index contributed by atoms with van der Waals surface area (Å²) in [4.78, 5) is 13.2. The molecule has 0 aliphatic heterocycles. The number of benzene rings is 2. The van der Waals surface area contributed by atoms with Crippen LogP contribution >= 0.6 is 12.6 Å². The fourth-order valence-corrected chi connectivity index (χ4v) is 2.57. The third kappa shape index (κ3) is 1.98. The van der Waals surface area contributed by atoms with Crippen molar-refractivity contribution < 1.29 is 9.52 Å². The molecular weight excluding hydrogens is 272 g/mol. The quantitative estimate of drug-likeness (QED) is 0.669. The lowest BCUT2D eigenvalue weighted by atomic mass is 10.0. The van der Waals surface area contributed by atoms with Gasteiger partial charge < -0.3 is 9.52 Å². The highest BCUT2D eigenvalue weighted by Crippen LogP contribution is 2.30. The van der Waals surface area contributed by atoms with Crippen molar-refractivity contribution in [3.63, 3.8) is 0 Å². The molecule has 0 aliphatic carbocycles. The number of phenols is 1. The minimum Gasteiger partial charge on any atom is -0.507 e. The Morgan fingerprint density at radius 2 is 1.85 bits per heavy atom. The summed E-state index contributed by atoms with van der Waals surface area (Å²) in [7, 11) is 0. The van der Waals surface area contributed by atoms with Gasteiger partial charge in [0, 0.05) is 4.90 Å². The summed E-state index contributed by atoms with van der Waals surface area (Å²) in [5.74, 6) is 0.408. The van der Waals surface area contributed by atoms with Crippen molar-refractivity contribution in [3.8, 4) is 16.9 Å². The van der Waals surface area contributed by atoms with Crippen molar-refractivity contribution in [3.05, 3.63) is 58.4 Å². The summed E-state index contributed by atoms with van der Waals surface area (Å²) >= 11 is 4.17. The number of aryl methyl sites for hydroxylation is 1. The average Bonchev–Trinajstić information content (AvgIpc) is 2.38. The van der Waals surface area contributed by atoms with Crippen molar-refractivity contribution in [1.82, 2.24) is 0 Å². The molecule has 0 spiro atoms. The Morgan fingerprint density at radius 3 is 2.55 bits per heavy atom. The Balaban J connectivity index is 2.44. The van der Waals surface area contributed by atoms with Crippen LogP contribution in [0.4, 0.5) is 0 Å². The smallest absolute Gasteiger partial charge is 0.204 e. The molecule has 0 aliphatic rings. The van der Waals surface area contributed by atoms with E-state index in [1.807, 2.05) is 30.3 Å². The lowest BCUT2D eigenvalue weighted by molar-refractivity contribution is 0.477. The first-order chi connectivity index (χ1) is 9.58. The molecule has 0 fully saturated rings. The monoisotopic (exact) mass is 284 g/mol. The van der Waals surface area contributed by atoms with Gasteiger partial charge in [-0.1, -0.05) is 30.3 Å². The van der Waals surface area contributed by atoms with Gasteiger partial charge in [0.2, 0.25) is 5.43 Å². The molecule has 0 atom stereocenters. The molecule has 0 bridgehead atoms. The first kappa shape index (κ1) is 12.8. The van der Waals surface area contributed by atoms with Crippen LogP contribution in [-0.2, 0) is 0 Å². The van der Waals surface area contributed by atoms with Gasteiger partial charge in [0.05, 0.1) is 5.56 Å². The van der Waals surface area contributed by atoms with Crippen molar-refractivity contribution >= 4 is 23.6 Å². The molecule has 3 rings (SSSR count). The van der Waals surface area contributed by atoms with Crippen LogP contribution in [0.25, 0.3) is 22.1 Å². The van der Waals surface area contributed by atoms with E-state index < -0.39 is 0 Å². The van der Waals surface area contributed by atoms with E-state index in [1.54, 1.807) is 13.0 Å². The Kier molecular flexibility index (Phi) is 3.03. The number of fused-ring (bicyclic) bond motifs is 1. The van der Waals surface area contributed by atoms with E-state index in [2.05, 4.69) is 12.6 Å². The highest BCUT2D eigenvalue weighted by Gasteiger charge is 2.16. The van der Waals surface area contributed by atoms with Crippen LogP contribution in [0.15, 0.2) is 56.6 Å². The third-order valence-electron chi connectivity index (χ3n) is 3.20. The van der Waals surface area contributed by atoms with E-state index in [0.717, 1.165) is 5.56 Å².